The van der Waals surface area contributed by atoms with Crippen molar-refractivity contribution in [2.75, 3.05) is 13.6 Å². The van der Waals surface area contributed by atoms with Gasteiger partial charge in [-0.05, 0) is 17.7 Å². The van der Waals surface area contributed by atoms with Crippen LogP contribution in [-0.2, 0) is 0 Å². The van der Waals surface area contributed by atoms with E-state index in [4.69, 9.17) is 17.3 Å². The van der Waals surface area contributed by atoms with Crippen LogP contribution < -0.4 is 11.1 Å². The minimum absolute atomic E-state index is 0.308. The summed E-state index contributed by atoms with van der Waals surface area (Å²) < 4.78 is 0. The topological polar surface area (TPSA) is 70.6 Å². The predicted octanol–water partition coefficient (Wildman–Crippen LogP) is 0.908. The molecule has 0 aliphatic carbocycles. The van der Waals surface area contributed by atoms with E-state index < -0.39 is 6.10 Å². The molecule has 0 amide bonds. The largest absolute Gasteiger partial charge is 0.387 e. The van der Waals surface area contributed by atoms with Crippen LogP contribution in [0.25, 0.3) is 0 Å². The minimum Gasteiger partial charge on any atom is -0.387 e. The summed E-state index contributed by atoms with van der Waals surface area (Å²) in [5.41, 5.74) is 6.22. The molecule has 0 heterocycles. The van der Waals surface area contributed by atoms with Gasteiger partial charge >= 0.3 is 0 Å². The number of nitrogens with one attached hydrogen (secondary N) is 1. The van der Waals surface area contributed by atoms with Crippen molar-refractivity contribution in [2.45, 2.75) is 6.10 Å². The van der Waals surface area contributed by atoms with Crippen LogP contribution in [-0.4, -0.2) is 24.7 Å². The van der Waals surface area contributed by atoms with E-state index in [-0.39, 0.29) is 0 Å². The number of benzene rings is 1. The zero-order valence-corrected chi connectivity index (χ0v) is 9.20. The second-order valence-electron chi connectivity index (χ2n) is 3.06. The third-order valence-electron chi connectivity index (χ3n) is 1.97. The molecular formula is C10H14ClN3O. The molecule has 0 fully saturated rings. The Labute approximate surface area is 93.8 Å². The monoisotopic (exact) mass is 227 g/mol. The van der Waals surface area contributed by atoms with Crippen LogP contribution in [0.1, 0.15) is 11.7 Å². The van der Waals surface area contributed by atoms with E-state index in [0.29, 0.717) is 17.5 Å². The van der Waals surface area contributed by atoms with Gasteiger partial charge in [-0.15, -0.1) is 0 Å². The Kier molecular flexibility index (Phi) is 4.39. The lowest BCUT2D eigenvalue weighted by atomic mass is 10.1. The summed E-state index contributed by atoms with van der Waals surface area (Å²) in [6.07, 6.45) is -0.623. The zero-order valence-electron chi connectivity index (χ0n) is 8.44. The van der Waals surface area contributed by atoms with Gasteiger partial charge in [0.1, 0.15) is 0 Å². The summed E-state index contributed by atoms with van der Waals surface area (Å²) in [6.45, 7) is 0.324. The van der Waals surface area contributed by atoms with Gasteiger partial charge in [-0.2, -0.15) is 0 Å². The highest BCUT2D eigenvalue weighted by Gasteiger charge is 2.06. The lowest BCUT2D eigenvalue weighted by molar-refractivity contribution is 0.181. The van der Waals surface area contributed by atoms with E-state index >= 15 is 0 Å². The fourth-order valence-electron chi connectivity index (χ4n) is 1.08. The lowest BCUT2D eigenvalue weighted by Crippen LogP contribution is -2.34. The number of aliphatic hydroxyl groups is 1. The van der Waals surface area contributed by atoms with E-state index in [1.165, 1.54) is 0 Å². The van der Waals surface area contributed by atoms with Crippen molar-refractivity contribution in [3.05, 3.63) is 34.9 Å². The molecule has 0 radical (unpaired) electrons. The molecule has 0 aliphatic rings. The zero-order chi connectivity index (χ0) is 11.3. The van der Waals surface area contributed by atoms with Gasteiger partial charge < -0.3 is 16.2 Å². The van der Waals surface area contributed by atoms with E-state index in [0.717, 1.165) is 5.56 Å². The van der Waals surface area contributed by atoms with E-state index in [9.17, 15) is 5.11 Å². The maximum absolute atomic E-state index is 9.74. The number of nitrogens with two attached hydrogens (primary N) is 1. The van der Waals surface area contributed by atoms with Crippen molar-refractivity contribution in [1.82, 2.24) is 5.32 Å². The third kappa shape index (κ3) is 3.77. The molecular weight excluding hydrogens is 214 g/mol. The van der Waals surface area contributed by atoms with Gasteiger partial charge in [0.2, 0.25) is 0 Å². The quantitative estimate of drug-likeness (QED) is 0.531. The van der Waals surface area contributed by atoms with Gasteiger partial charge in [0.25, 0.3) is 0 Å². The Hall–Kier alpha value is -1.26. The molecule has 4 nitrogen and oxygen atoms in total. The minimum atomic E-state index is -0.623. The molecule has 4 N–H and O–H groups in total. The van der Waals surface area contributed by atoms with Crippen LogP contribution in [0, 0.1) is 0 Å². The molecule has 0 saturated heterocycles. The van der Waals surface area contributed by atoms with Gasteiger partial charge in [-0.1, -0.05) is 23.7 Å². The van der Waals surface area contributed by atoms with Crippen molar-refractivity contribution in [3.8, 4) is 0 Å². The Morgan fingerprint density at radius 1 is 1.53 bits per heavy atom. The van der Waals surface area contributed by atoms with E-state index in [2.05, 4.69) is 10.3 Å². The second kappa shape index (κ2) is 5.58. The third-order valence-corrected chi connectivity index (χ3v) is 2.22. The van der Waals surface area contributed by atoms with Crippen molar-refractivity contribution in [2.24, 2.45) is 10.7 Å². The van der Waals surface area contributed by atoms with Crippen molar-refractivity contribution in [3.63, 3.8) is 0 Å². The van der Waals surface area contributed by atoms with E-state index in [1.54, 1.807) is 31.3 Å². The Balaban J connectivity index is 2.53. The summed E-state index contributed by atoms with van der Waals surface area (Å²) in [6, 6.07) is 7.01. The molecule has 0 unspecified atom stereocenters. The summed E-state index contributed by atoms with van der Waals surface area (Å²) in [5, 5.41) is 13.2. The molecule has 1 aromatic rings. The number of halogens is 1. The standard InChI is InChI=1S/C10H14ClN3O/c1-13-10(12)14-6-9(15)7-2-4-8(11)5-3-7/h2-5,9,15H,6H2,1H3,(H3,12,13,14)/t9-/m0/s1. The number of nitrogens with zero attached hydrogens (tertiary/aromatic N) is 1. The summed E-state index contributed by atoms with van der Waals surface area (Å²) in [5.74, 6) is 0.308. The van der Waals surface area contributed by atoms with Crippen molar-refractivity contribution < 1.29 is 5.11 Å². The average molecular weight is 228 g/mol. The fraction of sp³-hybridized carbons (Fsp3) is 0.300. The molecule has 15 heavy (non-hydrogen) atoms. The number of hydrogen-bond donors (Lipinski definition) is 3. The summed E-state index contributed by atoms with van der Waals surface area (Å²) in [4.78, 5) is 3.72. The maximum atomic E-state index is 9.74. The van der Waals surface area contributed by atoms with Crippen LogP contribution in [0.4, 0.5) is 0 Å². The summed E-state index contributed by atoms with van der Waals surface area (Å²) in [7, 11) is 1.58. The number of hydrogen-bond acceptors (Lipinski definition) is 2. The van der Waals surface area contributed by atoms with Gasteiger partial charge in [0.05, 0.1) is 6.10 Å². The molecule has 1 rings (SSSR count). The lowest BCUT2D eigenvalue weighted by Gasteiger charge is -2.12. The molecule has 0 bridgehead atoms. The smallest absolute Gasteiger partial charge is 0.188 e. The van der Waals surface area contributed by atoms with Gasteiger partial charge in [-0.25, -0.2) is 0 Å². The SMILES string of the molecule is CN=C(N)NC[C@H](O)c1ccc(Cl)cc1. The van der Waals surface area contributed by atoms with Crippen molar-refractivity contribution >= 4 is 17.6 Å². The van der Waals surface area contributed by atoms with Crippen LogP contribution >= 0.6 is 11.6 Å². The fourth-order valence-corrected chi connectivity index (χ4v) is 1.21. The first-order valence-electron chi connectivity index (χ1n) is 4.53. The number of rotatable bonds is 3. The highest BCUT2D eigenvalue weighted by atomic mass is 35.5. The molecule has 0 saturated carbocycles. The highest BCUT2D eigenvalue weighted by molar-refractivity contribution is 6.30. The van der Waals surface area contributed by atoms with Crippen LogP contribution in [0.5, 0.6) is 0 Å². The first-order chi connectivity index (χ1) is 7.13. The number of guanidine groups is 1. The molecule has 0 spiro atoms. The summed E-state index contributed by atoms with van der Waals surface area (Å²) >= 11 is 5.73. The molecule has 82 valence electrons. The first-order valence-corrected chi connectivity index (χ1v) is 4.91. The first kappa shape index (κ1) is 11.8. The number of aliphatic hydroxyl groups excluding tert-OH is 1. The van der Waals surface area contributed by atoms with Crippen LogP contribution in [0.2, 0.25) is 5.02 Å². The van der Waals surface area contributed by atoms with Crippen LogP contribution in [0.3, 0.4) is 0 Å². The van der Waals surface area contributed by atoms with Gasteiger partial charge in [0, 0.05) is 18.6 Å². The number of aliphatic imine (C=N–C) groups is 1. The predicted molar refractivity (Wildman–Crippen MR) is 62.0 cm³/mol. The molecule has 0 aromatic heterocycles. The van der Waals surface area contributed by atoms with Gasteiger partial charge in [0.15, 0.2) is 5.96 Å². The maximum Gasteiger partial charge on any atom is 0.188 e. The molecule has 0 aliphatic heterocycles. The molecule has 5 heteroatoms. The van der Waals surface area contributed by atoms with Gasteiger partial charge in [-0.3, -0.25) is 4.99 Å². The molecule has 1 atom stereocenters. The average Bonchev–Trinajstić information content (AvgIpc) is 2.26. The normalized spacial score (nSPS) is 13.7. The Bertz CT molecular complexity index is 337. The van der Waals surface area contributed by atoms with Crippen LogP contribution in [0.15, 0.2) is 29.3 Å². The second-order valence-corrected chi connectivity index (χ2v) is 3.49. The Morgan fingerprint density at radius 2 is 2.13 bits per heavy atom. The Morgan fingerprint density at radius 3 is 2.67 bits per heavy atom. The van der Waals surface area contributed by atoms with E-state index in [1.807, 2.05) is 0 Å². The molecule has 1 aromatic carbocycles. The highest BCUT2D eigenvalue weighted by Crippen LogP contribution is 2.15. The van der Waals surface area contributed by atoms with Crippen molar-refractivity contribution in [1.29, 1.82) is 0 Å².